The molecule has 1 saturated heterocycles. The molecule has 0 amide bonds. The number of benzene rings is 1. The van der Waals surface area contributed by atoms with E-state index in [1.54, 1.807) is 12.1 Å². The largest absolute Gasteiger partial charge is 0.416 e. The van der Waals surface area contributed by atoms with Crippen LogP contribution >= 0.6 is 0 Å². The zero-order valence-corrected chi connectivity index (χ0v) is 13.6. The second-order valence-electron chi connectivity index (χ2n) is 6.27. The highest BCUT2D eigenvalue weighted by molar-refractivity contribution is 5.62. The van der Waals surface area contributed by atoms with E-state index in [2.05, 4.69) is 10.3 Å². The summed E-state index contributed by atoms with van der Waals surface area (Å²) in [7, 11) is 0. The molecule has 2 heterocycles. The number of rotatable bonds is 2. The van der Waals surface area contributed by atoms with Crippen LogP contribution in [0, 0.1) is 0 Å². The van der Waals surface area contributed by atoms with Gasteiger partial charge in [-0.2, -0.15) is 26.3 Å². The Morgan fingerprint density at radius 3 is 1.96 bits per heavy atom. The third kappa shape index (κ3) is 4.17. The van der Waals surface area contributed by atoms with Crippen LogP contribution in [0.25, 0.3) is 11.3 Å². The number of alkyl halides is 6. The monoisotopic (exact) mass is 374 g/mol. The first-order valence-corrected chi connectivity index (χ1v) is 8.12. The van der Waals surface area contributed by atoms with Crippen molar-refractivity contribution in [1.29, 1.82) is 0 Å². The van der Waals surface area contributed by atoms with Crippen LogP contribution in [0.15, 0.2) is 36.4 Å². The van der Waals surface area contributed by atoms with Gasteiger partial charge in [-0.1, -0.05) is 6.07 Å². The third-order valence-corrected chi connectivity index (χ3v) is 4.41. The van der Waals surface area contributed by atoms with Crippen LogP contribution in [0.5, 0.6) is 0 Å². The first kappa shape index (κ1) is 18.7. The molecule has 2 aromatic rings. The van der Waals surface area contributed by atoms with Crippen molar-refractivity contribution < 1.29 is 26.3 Å². The van der Waals surface area contributed by atoms with E-state index < -0.39 is 23.5 Å². The van der Waals surface area contributed by atoms with Crippen LogP contribution in [0.4, 0.5) is 26.3 Å². The number of nitrogens with zero attached hydrogens (tertiary/aromatic N) is 1. The van der Waals surface area contributed by atoms with Crippen LogP contribution in [0.1, 0.15) is 35.6 Å². The Bertz CT molecular complexity index is 744. The molecule has 140 valence electrons. The molecule has 0 atom stereocenters. The standard InChI is InChI=1S/C18H16F6N2/c19-17(20,21)13-8-12(9-14(10-13)18(22,23)24)16-3-1-2-15(26-16)11-4-6-25-7-5-11/h1-3,8-11,25H,4-7H2. The minimum absolute atomic E-state index is 0.109. The molecule has 0 saturated carbocycles. The van der Waals surface area contributed by atoms with Crippen LogP contribution in [0.3, 0.4) is 0 Å². The number of pyridine rings is 1. The SMILES string of the molecule is FC(F)(F)c1cc(-c2cccc(C3CCNCC3)n2)cc(C(F)(F)F)c1. The average molecular weight is 374 g/mol. The van der Waals surface area contributed by atoms with Crippen molar-refractivity contribution in [2.24, 2.45) is 0 Å². The van der Waals surface area contributed by atoms with Crippen molar-refractivity contribution >= 4 is 0 Å². The van der Waals surface area contributed by atoms with Gasteiger partial charge in [-0.05, 0) is 56.3 Å². The van der Waals surface area contributed by atoms with Crippen LogP contribution in [-0.4, -0.2) is 18.1 Å². The molecule has 1 aliphatic heterocycles. The van der Waals surface area contributed by atoms with E-state index in [4.69, 9.17) is 0 Å². The predicted octanol–water partition coefficient (Wildman–Crippen LogP) is 5.25. The summed E-state index contributed by atoms with van der Waals surface area (Å²) >= 11 is 0. The van der Waals surface area contributed by atoms with Gasteiger partial charge in [0.1, 0.15) is 0 Å². The van der Waals surface area contributed by atoms with Gasteiger partial charge in [-0.3, -0.25) is 4.98 Å². The summed E-state index contributed by atoms with van der Waals surface area (Å²) in [5, 5.41) is 3.20. The fourth-order valence-electron chi connectivity index (χ4n) is 3.06. The Hall–Kier alpha value is -2.09. The highest BCUT2D eigenvalue weighted by Crippen LogP contribution is 2.38. The zero-order chi connectivity index (χ0) is 18.9. The smallest absolute Gasteiger partial charge is 0.317 e. The van der Waals surface area contributed by atoms with Gasteiger partial charge in [0.05, 0.1) is 16.8 Å². The lowest BCUT2D eigenvalue weighted by molar-refractivity contribution is -0.143. The molecule has 1 N–H and O–H groups in total. The maximum absolute atomic E-state index is 13.0. The summed E-state index contributed by atoms with van der Waals surface area (Å²) in [5.41, 5.74) is -2.07. The molecule has 0 spiro atoms. The lowest BCUT2D eigenvalue weighted by Crippen LogP contribution is -2.27. The summed E-state index contributed by atoms with van der Waals surface area (Å²) in [6, 6.07) is 6.36. The van der Waals surface area contributed by atoms with Gasteiger partial charge in [0, 0.05) is 17.2 Å². The molecule has 0 aliphatic carbocycles. The van der Waals surface area contributed by atoms with Gasteiger partial charge in [-0.15, -0.1) is 0 Å². The van der Waals surface area contributed by atoms with E-state index in [1.165, 1.54) is 6.07 Å². The Labute approximate surface area is 146 Å². The first-order chi connectivity index (χ1) is 12.1. The molecule has 8 heteroatoms. The van der Waals surface area contributed by atoms with Gasteiger partial charge in [0.2, 0.25) is 0 Å². The second-order valence-corrected chi connectivity index (χ2v) is 6.27. The zero-order valence-electron chi connectivity index (χ0n) is 13.6. The minimum atomic E-state index is -4.87. The normalized spacial score (nSPS) is 16.7. The second kappa shape index (κ2) is 6.90. The Morgan fingerprint density at radius 1 is 0.846 bits per heavy atom. The van der Waals surface area contributed by atoms with E-state index in [1.807, 2.05) is 0 Å². The van der Waals surface area contributed by atoms with Crippen LogP contribution < -0.4 is 5.32 Å². The summed E-state index contributed by atoms with van der Waals surface area (Å²) in [4.78, 5) is 4.35. The van der Waals surface area contributed by atoms with Gasteiger partial charge >= 0.3 is 12.4 Å². The number of hydrogen-bond acceptors (Lipinski definition) is 2. The van der Waals surface area contributed by atoms with Gasteiger partial charge in [-0.25, -0.2) is 0 Å². The van der Waals surface area contributed by atoms with Crippen molar-refractivity contribution in [3.05, 3.63) is 53.2 Å². The molecule has 0 bridgehead atoms. The van der Waals surface area contributed by atoms with E-state index in [0.29, 0.717) is 17.8 Å². The number of nitrogens with one attached hydrogen (secondary N) is 1. The molecular formula is C18H16F6N2. The van der Waals surface area contributed by atoms with Crippen LogP contribution in [0.2, 0.25) is 0 Å². The Kier molecular flexibility index (Phi) is 4.96. The van der Waals surface area contributed by atoms with Crippen molar-refractivity contribution in [2.45, 2.75) is 31.1 Å². The lowest BCUT2D eigenvalue weighted by atomic mass is 9.93. The summed E-state index contributed by atoms with van der Waals surface area (Å²) in [6.07, 6.45) is -8.09. The quantitative estimate of drug-likeness (QED) is 0.726. The topological polar surface area (TPSA) is 24.9 Å². The Morgan fingerprint density at radius 2 is 1.42 bits per heavy atom. The van der Waals surface area contributed by atoms with Gasteiger partial charge in [0.15, 0.2) is 0 Å². The number of halogens is 6. The van der Waals surface area contributed by atoms with Crippen molar-refractivity contribution in [2.75, 3.05) is 13.1 Å². The first-order valence-electron chi connectivity index (χ1n) is 8.12. The van der Waals surface area contributed by atoms with E-state index >= 15 is 0 Å². The summed E-state index contributed by atoms with van der Waals surface area (Å²) < 4.78 is 78.2. The van der Waals surface area contributed by atoms with E-state index in [0.717, 1.165) is 25.9 Å². The number of piperidine rings is 1. The van der Waals surface area contributed by atoms with Crippen LogP contribution in [-0.2, 0) is 12.4 Å². The molecule has 0 unspecified atom stereocenters. The number of aromatic nitrogens is 1. The molecule has 2 nitrogen and oxygen atoms in total. The molecular weight excluding hydrogens is 358 g/mol. The van der Waals surface area contributed by atoms with Gasteiger partial charge in [0.25, 0.3) is 0 Å². The van der Waals surface area contributed by atoms with Crippen molar-refractivity contribution in [1.82, 2.24) is 10.3 Å². The highest BCUT2D eigenvalue weighted by atomic mass is 19.4. The molecule has 1 fully saturated rings. The van der Waals surface area contributed by atoms with Crippen molar-refractivity contribution in [3.8, 4) is 11.3 Å². The molecule has 1 aromatic heterocycles. The lowest BCUT2D eigenvalue weighted by Gasteiger charge is -2.22. The third-order valence-electron chi connectivity index (χ3n) is 4.41. The van der Waals surface area contributed by atoms with E-state index in [9.17, 15) is 26.3 Å². The minimum Gasteiger partial charge on any atom is -0.317 e. The highest BCUT2D eigenvalue weighted by Gasteiger charge is 2.37. The van der Waals surface area contributed by atoms with Gasteiger partial charge < -0.3 is 5.32 Å². The maximum Gasteiger partial charge on any atom is 0.416 e. The fraction of sp³-hybridized carbons (Fsp3) is 0.389. The Balaban J connectivity index is 2.05. The fourth-order valence-corrected chi connectivity index (χ4v) is 3.06. The number of hydrogen-bond donors (Lipinski definition) is 1. The molecule has 1 aliphatic rings. The summed E-state index contributed by atoms with van der Waals surface area (Å²) in [5.74, 6) is 0.143. The predicted molar refractivity (Wildman–Crippen MR) is 84.5 cm³/mol. The molecule has 1 aromatic carbocycles. The molecule has 26 heavy (non-hydrogen) atoms. The molecule has 3 rings (SSSR count). The maximum atomic E-state index is 13.0. The average Bonchev–Trinajstić information content (AvgIpc) is 2.61. The molecule has 0 radical (unpaired) electrons. The van der Waals surface area contributed by atoms with Crippen molar-refractivity contribution in [3.63, 3.8) is 0 Å². The summed E-state index contributed by atoms with van der Waals surface area (Å²) in [6.45, 7) is 1.61. The van der Waals surface area contributed by atoms with E-state index in [-0.39, 0.29) is 23.2 Å².